The number of fused-ring (bicyclic) bond motifs is 2. The molecule has 0 bridgehead atoms. The van der Waals surface area contributed by atoms with Crippen LogP contribution < -0.4 is 0 Å². The lowest BCUT2D eigenvalue weighted by atomic mass is 9.98. The molecule has 31 heavy (non-hydrogen) atoms. The molecule has 0 saturated heterocycles. The van der Waals surface area contributed by atoms with Gasteiger partial charge < -0.3 is 14.6 Å². The number of carboxylic acid groups (broad SMARTS) is 1. The van der Waals surface area contributed by atoms with Crippen LogP contribution in [0.15, 0.2) is 79.1 Å². The van der Waals surface area contributed by atoms with E-state index in [2.05, 4.69) is 4.98 Å². The number of carbonyl (C=O) groups excluding carboxylic acids is 1. The van der Waals surface area contributed by atoms with Gasteiger partial charge in [-0.2, -0.15) is 0 Å². The highest BCUT2D eigenvalue weighted by molar-refractivity contribution is 6.08. The van der Waals surface area contributed by atoms with Crippen molar-refractivity contribution in [2.24, 2.45) is 0 Å². The minimum Gasteiger partial charge on any atom is -0.480 e. The number of nitrogens with zero attached hydrogens (tertiary/aromatic N) is 3. The van der Waals surface area contributed by atoms with E-state index < -0.39 is 12.0 Å². The number of carbonyl (C=O) groups is 2. The molecule has 0 radical (unpaired) electrons. The fourth-order valence-electron chi connectivity index (χ4n) is 4.30. The highest BCUT2D eigenvalue weighted by Crippen LogP contribution is 2.27. The summed E-state index contributed by atoms with van der Waals surface area (Å²) in [7, 11) is 0. The molecule has 1 amide bonds. The largest absolute Gasteiger partial charge is 0.480 e. The smallest absolute Gasteiger partial charge is 0.326 e. The van der Waals surface area contributed by atoms with E-state index in [0.29, 0.717) is 12.1 Å². The molecule has 0 fully saturated rings. The predicted octanol–water partition coefficient (Wildman–Crippen LogP) is 3.74. The molecule has 5 rings (SSSR count). The Morgan fingerprint density at radius 1 is 0.968 bits per heavy atom. The van der Waals surface area contributed by atoms with Gasteiger partial charge in [-0.3, -0.25) is 4.79 Å². The van der Waals surface area contributed by atoms with E-state index >= 15 is 0 Å². The Balaban J connectivity index is 1.50. The number of imidazole rings is 1. The summed E-state index contributed by atoms with van der Waals surface area (Å²) in [4.78, 5) is 31.6. The van der Waals surface area contributed by atoms with E-state index in [1.807, 2.05) is 71.3 Å². The zero-order valence-corrected chi connectivity index (χ0v) is 16.8. The number of hydrogen-bond donors (Lipinski definition) is 1. The summed E-state index contributed by atoms with van der Waals surface area (Å²) in [6, 6.07) is 22.2. The van der Waals surface area contributed by atoms with Crippen LogP contribution in [0.25, 0.3) is 10.8 Å². The highest BCUT2D eigenvalue weighted by atomic mass is 16.4. The lowest BCUT2D eigenvalue weighted by molar-refractivity contribution is -0.142. The zero-order chi connectivity index (χ0) is 21.4. The van der Waals surface area contributed by atoms with Crippen LogP contribution in [-0.4, -0.2) is 37.5 Å². The molecule has 0 spiro atoms. The molecule has 1 aliphatic rings. The monoisotopic (exact) mass is 411 g/mol. The quantitative estimate of drug-likeness (QED) is 0.555. The number of rotatable bonds is 4. The fourth-order valence-corrected chi connectivity index (χ4v) is 4.30. The molecular weight excluding hydrogens is 390 g/mol. The summed E-state index contributed by atoms with van der Waals surface area (Å²) in [5.41, 5.74) is 3.25. The standard InChI is InChI=1S/C25H21N3O3/c29-24(20-12-6-10-18-9-4-5-11-19(18)20)28-15-21-22(13-23(28)25(30)31)27(16-26-21)14-17-7-2-1-3-8-17/h1-12,16,23H,13-15H2,(H,30,31). The predicted molar refractivity (Wildman–Crippen MR) is 117 cm³/mol. The summed E-state index contributed by atoms with van der Waals surface area (Å²) in [5, 5.41) is 11.7. The van der Waals surface area contributed by atoms with Crippen molar-refractivity contribution < 1.29 is 14.7 Å². The second-order valence-corrected chi connectivity index (χ2v) is 7.77. The van der Waals surface area contributed by atoms with E-state index in [-0.39, 0.29) is 18.9 Å². The normalized spacial score (nSPS) is 15.6. The van der Waals surface area contributed by atoms with Crippen LogP contribution in [0.4, 0.5) is 0 Å². The maximum Gasteiger partial charge on any atom is 0.326 e. The Bertz CT molecular complexity index is 1270. The first-order valence-electron chi connectivity index (χ1n) is 10.2. The minimum absolute atomic E-state index is 0.177. The van der Waals surface area contributed by atoms with Gasteiger partial charge in [0, 0.05) is 24.2 Å². The molecule has 6 heteroatoms. The number of aliphatic carboxylic acids is 1. The summed E-state index contributed by atoms with van der Waals surface area (Å²) in [5.74, 6) is -1.29. The molecule has 1 N–H and O–H groups in total. The van der Waals surface area contributed by atoms with Gasteiger partial charge in [0.1, 0.15) is 6.04 Å². The van der Waals surface area contributed by atoms with Crippen molar-refractivity contribution in [2.75, 3.05) is 0 Å². The number of amides is 1. The van der Waals surface area contributed by atoms with Gasteiger partial charge in [-0.1, -0.05) is 66.7 Å². The maximum atomic E-state index is 13.5. The Morgan fingerprint density at radius 3 is 2.52 bits per heavy atom. The number of benzene rings is 3. The zero-order valence-electron chi connectivity index (χ0n) is 16.8. The van der Waals surface area contributed by atoms with E-state index in [0.717, 1.165) is 27.7 Å². The molecule has 4 aromatic rings. The molecule has 0 saturated carbocycles. The Hall–Kier alpha value is -3.93. The first-order valence-corrected chi connectivity index (χ1v) is 10.2. The van der Waals surface area contributed by atoms with Crippen molar-refractivity contribution in [1.29, 1.82) is 0 Å². The summed E-state index contributed by atoms with van der Waals surface area (Å²) < 4.78 is 1.99. The Morgan fingerprint density at radius 2 is 1.71 bits per heavy atom. The van der Waals surface area contributed by atoms with Crippen LogP contribution in [0.5, 0.6) is 0 Å². The van der Waals surface area contributed by atoms with Crippen LogP contribution >= 0.6 is 0 Å². The van der Waals surface area contributed by atoms with Crippen molar-refractivity contribution in [3.8, 4) is 0 Å². The van der Waals surface area contributed by atoms with Gasteiger partial charge in [0.25, 0.3) is 5.91 Å². The van der Waals surface area contributed by atoms with Crippen LogP contribution in [0.2, 0.25) is 0 Å². The third-order valence-corrected chi connectivity index (χ3v) is 5.88. The Labute approximate surface area is 179 Å². The SMILES string of the molecule is O=C(O)C1Cc2c(ncn2Cc2ccccc2)CN1C(=O)c1cccc2ccccc12. The first kappa shape index (κ1) is 19.1. The average Bonchev–Trinajstić information content (AvgIpc) is 3.19. The van der Waals surface area contributed by atoms with E-state index in [9.17, 15) is 14.7 Å². The highest BCUT2D eigenvalue weighted by Gasteiger charge is 2.37. The summed E-state index contributed by atoms with van der Waals surface area (Å²) in [6.07, 6.45) is 1.97. The van der Waals surface area contributed by atoms with Gasteiger partial charge in [-0.05, 0) is 22.4 Å². The van der Waals surface area contributed by atoms with Crippen LogP contribution in [0, 0.1) is 0 Å². The average molecular weight is 411 g/mol. The van der Waals surface area contributed by atoms with Gasteiger partial charge >= 0.3 is 5.97 Å². The number of aromatic nitrogens is 2. The van der Waals surface area contributed by atoms with Crippen molar-refractivity contribution in [1.82, 2.24) is 14.5 Å². The third kappa shape index (κ3) is 3.46. The minimum atomic E-state index is -1.01. The molecule has 3 aromatic carbocycles. The molecule has 1 aliphatic heterocycles. The molecule has 154 valence electrons. The molecule has 1 aromatic heterocycles. The van der Waals surface area contributed by atoms with Gasteiger partial charge in [0.05, 0.1) is 18.6 Å². The second kappa shape index (κ2) is 7.72. The third-order valence-electron chi connectivity index (χ3n) is 5.88. The van der Waals surface area contributed by atoms with Crippen molar-refractivity contribution >= 4 is 22.6 Å². The molecule has 6 nitrogen and oxygen atoms in total. The number of hydrogen-bond acceptors (Lipinski definition) is 3. The Kier molecular flexibility index (Phi) is 4.75. The van der Waals surface area contributed by atoms with Gasteiger partial charge in [-0.15, -0.1) is 0 Å². The van der Waals surface area contributed by atoms with Crippen LogP contribution in [0.3, 0.4) is 0 Å². The maximum absolute atomic E-state index is 13.5. The van der Waals surface area contributed by atoms with E-state index in [1.54, 1.807) is 12.4 Å². The molecule has 1 unspecified atom stereocenters. The van der Waals surface area contributed by atoms with E-state index in [4.69, 9.17) is 0 Å². The molecular formula is C25H21N3O3. The lowest BCUT2D eigenvalue weighted by Gasteiger charge is -2.33. The molecule has 0 aliphatic carbocycles. The lowest BCUT2D eigenvalue weighted by Crippen LogP contribution is -2.49. The first-order chi connectivity index (χ1) is 15.1. The van der Waals surface area contributed by atoms with E-state index in [1.165, 1.54) is 4.90 Å². The van der Waals surface area contributed by atoms with Crippen LogP contribution in [0.1, 0.15) is 27.3 Å². The van der Waals surface area contributed by atoms with Gasteiger partial charge in [0.2, 0.25) is 0 Å². The van der Waals surface area contributed by atoms with Crippen molar-refractivity contribution in [3.05, 3.63) is 102 Å². The van der Waals surface area contributed by atoms with Gasteiger partial charge in [-0.25, -0.2) is 9.78 Å². The fraction of sp³-hybridized carbons (Fsp3) is 0.160. The van der Waals surface area contributed by atoms with Gasteiger partial charge in [0.15, 0.2) is 0 Å². The summed E-state index contributed by atoms with van der Waals surface area (Å²) >= 11 is 0. The topological polar surface area (TPSA) is 75.4 Å². The number of carboxylic acids is 1. The summed E-state index contributed by atoms with van der Waals surface area (Å²) in [6.45, 7) is 0.795. The molecule has 1 atom stereocenters. The van der Waals surface area contributed by atoms with Crippen molar-refractivity contribution in [3.63, 3.8) is 0 Å². The molecule has 2 heterocycles. The van der Waals surface area contributed by atoms with Crippen LogP contribution in [-0.2, 0) is 24.3 Å². The van der Waals surface area contributed by atoms with Crippen molar-refractivity contribution in [2.45, 2.75) is 25.6 Å². The second-order valence-electron chi connectivity index (χ2n) is 7.77.